The van der Waals surface area contributed by atoms with Crippen LogP contribution >= 0.6 is 11.8 Å². The number of aromatic nitrogens is 2. The molecule has 1 aromatic heterocycles. The first-order chi connectivity index (χ1) is 15.4. The van der Waals surface area contributed by atoms with Crippen molar-refractivity contribution in [3.05, 3.63) is 76.5 Å². The van der Waals surface area contributed by atoms with Crippen molar-refractivity contribution in [3.63, 3.8) is 0 Å². The second kappa shape index (κ2) is 7.94. The fourth-order valence-electron chi connectivity index (χ4n) is 3.91. The van der Waals surface area contributed by atoms with Crippen LogP contribution in [-0.2, 0) is 11.3 Å². The number of hydrogen-bond donors (Lipinski definition) is 0. The lowest BCUT2D eigenvalue weighted by atomic mass is 10.1. The summed E-state index contributed by atoms with van der Waals surface area (Å²) in [5.41, 5.74) is 4.81. The molecule has 2 unspecified atom stereocenters. The van der Waals surface area contributed by atoms with Gasteiger partial charge in [-0.3, -0.25) is 4.79 Å². The average Bonchev–Trinajstić information content (AvgIpc) is 3.44. The Morgan fingerprint density at radius 2 is 1.81 bits per heavy atom. The summed E-state index contributed by atoms with van der Waals surface area (Å²) in [6.07, 6.45) is 1.89. The van der Waals surface area contributed by atoms with E-state index in [0.29, 0.717) is 17.4 Å². The summed E-state index contributed by atoms with van der Waals surface area (Å²) in [4.78, 5) is 33.9. The molecular formula is C24H22N4O3S. The van der Waals surface area contributed by atoms with E-state index in [9.17, 15) is 9.59 Å². The number of aryl methyl sites for hydroxylation is 3. The maximum Gasteiger partial charge on any atom is 0.332 e. The highest BCUT2D eigenvalue weighted by molar-refractivity contribution is 8.03. The molecule has 2 aliphatic rings. The molecule has 3 aromatic rings. The molecule has 5 rings (SSSR count). The Bertz CT molecular complexity index is 1230. The molecule has 2 aliphatic heterocycles. The molecule has 0 radical (unpaired) electrons. The van der Waals surface area contributed by atoms with Crippen LogP contribution in [0, 0.1) is 20.8 Å². The van der Waals surface area contributed by atoms with E-state index in [-0.39, 0.29) is 18.5 Å². The van der Waals surface area contributed by atoms with E-state index in [1.807, 2.05) is 62.6 Å². The molecule has 2 aromatic carbocycles. The molecule has 3 heterocycles. The van der Waals surface area contributed by atoms with E-state index in [0.717, 1.165) is 16.7 Å². The van der Waals surface area contributed by atoms with Crippen LogP contribution in [0.3, 0.4) is 0 Å². The Kier molecular flexibility index (Phi) is 5.09. The summed E-state index contributed by atoms with van der Waals surface area (Å²) in [6.45, 7) is 6.17. The van der Waals surface area contributed by atoms with Gasteiger partial charge in [-0.25, -0.2) is 9.69 Å². The van der Waals surface area contributed by atoms with Gasteiger partial charge in [0.25, 0.3) is 5.91 Å². The first-order valence-electron chi connectivity index (χ1n) is 10.4. The number of amides is 3. The third-order valence-corrected chi connectivity index (χ3v) is 6.99. The van der Waals surface area contributed by atoms with Gasteiger partial charge in [0.1, 0.15) is 11.8 Å². The molecule has 8 heteroatoms. The minimum Gasteiger partial charge on any atom is -0.337 e. The van der Waals surface area contributed by atoms with Crippen LogP contribution < -0.4 is 4.90 Å². The van der Waals surface area contributed by atoms with Gasteiger partial charge in [0.2, 0.25) is 11.7 Å². The number of carbonyl (C=O) groups excluding carboxylic acids is 2. The number of fused-ring (bicyclic) bond motifs is 1. The molecule has 0 N–H and O–H groups in total. The first kappa shape index (κ1) is 20.5. The van der Waals surface area contributed by atoms with Crippen molar-refractivity contribution < 1.29 is 14.1 Å². The van der Waals surface area contributed by atoms with Crippen molar-refractivity contribution in [1.29, 1.82) is 0 Å². The number of anilines is 1. The summed E-state index contributed by atoms with van der Waals surface area (Å²) in [7, 11) is 0. The molecule has 0 spiro atoms. The van der Waals surface area contributed by atoms with Crippen molar-refractivity contribution in [1.82, 2.24) is 15.0 Å². The summed E-state index contributed by atoms with van der Waals surface area (Å²) < 4.78 is 5.48. The largest absolute Gasteiger partial charge is 0.337 e. The van der Waals surface area contributed by atoms with Gasteiger partial charge < -0.3 is 9.42 Å². The molecule has 32 heavy (non-hydrogen) atoms. The van der Waals surface area contributed by atoms with Crippen molar-refractivity contribution in [2.75, 3.05) is 4.90 Å². The number of nitrogens with zero attached hydrogens (tertiary/aromatic N) is 4. The second-order valence-electron chi connectivity index (χ2n) is 8.11. The molecule has 1 saturated heterocycles. The van der Waals surface area contributed by atoms with E-state index < -0.39 is 11.3 Å². The zero-order valence-corrected chi connectivity index (χ0v) is 18.8. The number of rotatable bonds is 4. The highest BCUT2D eigenvalue weighted by Gasteiger charge is 2.48. The third-order valence-electron chi connectivity index (χ3n) is 5.90. The Morgan fingerprint density at radius 1 is 1.03 bits per heavy atom. The Balaban J connectivity index is 1.44. The van der Waals surface area contributed by atoms with Gasteiger partial charge in [-0.2, -0.15) is 4.98 Å². The van der Waals surface area contributed by atoms with Gasteiger partial charge in [-0.15, -0.1) is 11.8 Å². The number of benzene rings is 2. The Hall–Kier alpha value is -3.39. The maximum absolute atomic E-state index is 13.4. The smallest absolute Gasteiger partial charge is 0.332 e. The van der Waals surface area contributed by atoms with E-state index in [1.165, 1.54) is 22.2 Å². The molecular weight excluding hydrogens is 424 g/mol. The summed E-state index contributed by atoms with van der Waals surface area (Å²) >= 11 is 1.43. The highest BCUT2D eigenvalue weighted by atomic mass is 32.2. The number of hydrogen-bond acceptors (Lipinski definition) is 6. The van der Waals surface area contributed by atoms with Gasteiger partial charge in [-0.05, 0) is 55.5 Å². The van der Waals surface area contributed by atoms with Crippen LogP contribution in [0.15, 0.2) is 58.5 Å². The van der Waals surface area contributed by atoms with Gasteiger partial charge in [-0.1, -0.05) is 41.1 Å². The fourth-order valence-corrected chi connectivity index (χ4v) is 4.95. The SMILES string of the molecule is Cc1ccc(N2C(=O)C3SC=CC3N(Cc3nc(-c4ccc(C)c(C)c4)no3)C2=O)cc1. The van der Waals surface area contributed by atoms with Crippen molar-refractivity contribution >= 4 is 29.4 Å². The minimum atomic E-state index is -0.392. The van der Waals surface area contributed by atoms with E-state index >= 15 is 0 Å². The van der Waals surface area contributed by atoms with Gasteiger partial charge in [0, 0.05) is 5.56 Å². The lowest BCUT2D eigenvalue weighted by Gasteiger charge is -2.40. The summed E-state index contributed by atoms with van der Waals surface area (Å²) in [5.74, 6) is 0.595. The molecule has 7 nitrogen and oxygen atoms in total. The standard InChI is InChI=1S/C24H22N4O3S/c1-14-4-8-18(9-5-14)28-23(29)21-19(10-11-32-21)27(24(28)30)13-20-25-22(26-31-20)17-7-6-15(2)16(3)12-17/h4-12,19,21H,13H2,1-3H3. The molecule has 0 aliphatic carbocycles. The van der Waals surface area contributed by atoms with Crippen LogP contribution in [0.25, 0.3) is 11.4 Å². The highest BCUT2D eigenvalue weighted by Crippen LogP contribution is 2.37. The molecule has 1 fully saturated rings. The predicted octanol–water partition coefficient (Wildman–Crippen LogP) is 4.63. The molecule has 2 atom stereocenters. The first-order valence-corrected chi connectivity index (χ1v) is 11.3. The van der Waals surface area contributed by atoms with Crippen LogP contribution in [0.4, 0.5) is 10.5 Å². The topological polar surface area (TPSA) is 79.5 Å². The molecule has 0 saturated carbocycles. The normalized spacial score (nSPS) is 20.2. The quantitative estimate of drug-likeness (QED) is 0.581. The van der Waals surface area contributed by atoms with Crippen LogP contribution in [0.5, 0.6) is 0 Å². The van der Waals surface area contributed by atoms with Gasteiger partial charge >= 0.3 is 6.03 Å². The van der Waals surface area contributed by atoms with Crippen molar-refractivity contribution in [3.8, 4) is 11.4 Å². The van der Waals surface area contributed by atoms with Crippen LogP contribution in [0.1, 0.15) is 22.6 Å². The Labute approximate surface area is 190 Å². The number of carbonyl (C=O) groups is 2. The van der Waals surface area contributed by atoms with Gasteiger partial charge in [0.05, 0.1) is 11.7 Å². The lowest BCUT2D eigenvalue weighted by Crippen LogP contribution is -2.61. The van der Waals surface area contributed by atoms with Crippen molar-refractivity contribution in [2.45, 2.75) is 38.6 Å². The zero-order valence-electron chi connectivity index (χ0n) is 18.0. The third kappa shape index (κ3) is 3.50. The van der Waals surface area contributed by atoms with Gasteiger partial charge in [0.15, 0.2) is 0 Å². The fraction of sp³-hybridized carbons (Fsp3) is 0.250. The molecule has 0 bridgehead atoms. The monoisotopic (exact) mass is 446 g/mol. The second-order valence-corrected chi connectivity index (χ2v) is 9.16. The maximum atomic E-state index is 13.4. The number of imide groups is 1. The van der Waals surface area contributed by atoms with E-state index in [2.05, 4.69) is 10.1 Å². The van der Waals surface area contributed by atoms with E-state index in [4.69, 9.17) is 4.52 Å². The minimum absolute atomic E-state index is 0.123. The average molecular weight is 447 g/mol. The Morgan fingerprint density at radius 3 is 2.56 bits per heavy atom. The summed E-state index contributed by atoms with van der Waals surface area (Å²) in [6, 6.07) is 12.6. The summed E-state index contributed by atoms with van der Waals surface area (Å²) in [5, 5.41) is 5.59. The van der Waals surface area contributed by atoms with Crippen LogP contribution in [-0.4, -0.2) is 38.3 Å². The number of thioether (sulfide) groups is 1. The van der Waals surface area contributed by atoms with Crippen LogP contribution in [0.2, 0.25) is 0 Å². The predicted molar refractivity (Wildman–Crippen MR) is 123 cm³/mol. The lowest BCUT2D eigenvalue weighted by molar-refractivity contribution is -0.119. The number of urea groups is 1. The van der Waals surface area contributed by atoms with Crippen molar-refractivity contribution in [2.24, 2.45) is 0 Å². The molecule has 162 valence electrons. The molecule has 3 amide bonds. The van der Waals surface area contributed by atoms with E-state index in [1.54, 1.807) is 17.0 Å². The zero-order chi connectivity index (χ0) is 22.4.